The van der Waals surface area contributed by atoms with Crippen LogP contribution < -0.4 is 0 Å². The summed E-state index contributed by atoms with van der Waals surface area (Å²) in [5.74, 6) is 0.151. The van der Waals surface area contributed by atoms with Crippen molar-refractivity contribution in [3.63, 3.8) is 0 Å². The number of hydrogen-bond donors (Lipinski definition) is 1. The molecule has 2 aliphatic rings. The summed E-state index contributed by atoms with van der Waals surface area (Å²) in [5.41, 5.74) is 0. The van der Waals surface area contributed by atoms with Crippen molar-refractivity contribution in [2.75, 3.05) is 19.8 Å². The van der Waals surface area contributed by atoms with Crippen molar-refractivity contribution in [1.82, 2.24) is 4.90 Å². The van der Waals surface area contributed by atoms with Gasteiger partial charge in [0, 0.05) is 13.1 Å². The first-order valence-corrected chi connectivity index (χ1v) is 6.25. The van der Waals surface area contributed by atoms with E-state index < -0.39 is 6.10 Å². The third-order valence-corrected chi connectivity index (χ3v) is 3.99. The standard InChI is InChI=1S/C12H20FNO2/c13-8-9-4-6-14(7-5-9)12(16)11(15)10-2-1-3-10/h9-11,15H,1-8H2. The van der Waals surface area contributed by atoms with Crippen LogP contribution in [-0.2, 0) is 4.79 Å². The lowest BCUT2D eigenvalue weighted by Gasteiger charge is -2.36. The first-order valence-electron chi connectivity index (χ1n) is 6.25. The molecule has 1 N–H and O–H groups in total. The van der Waals surface area contributed by atoms with Crippen molar-refractivity contribution in [3.05, 3.63) is 0 Å². The van der Waals surface area contributed by atoms with E-state index in [1.807, 2.05) is 0 Å². The Morgan fingerprint density at radius 2 is 1.94 bits per heavy atom. The molecule has 1 aliphatic carbocycles. The van der Waals surface area contributed by atoms with Gasteiger partial charge in [0.05, 0.1) is 6.67 Å². The predicted molar refractivity (Wildman–Crippen MR) is 58.6 cm³/mol. The number of piperidine rings is 1. The van der Waals surface area contributed by atoms with Gasteiger partial charge in [0.25, 0.3) is 5.91 Å². The molecule has 0 aromatic heterocycles. The Labute approximate surface area is 95.6 Å². The van der Waals surface area contributed by atoms with E-state index in [4.69, 9.17) is 0 Å². The average molecular weight is 229 g/mol. The number of halogens is 1. The molecule has 1 atom stereocenters. The van der Waals surface area contributed by atoms with Crippen LogP contribution in [0.5, 0.6) is 0 Å². The number of aliphatic hydroxyl groups excluding tert-OH is 1. The Hall–Kier alpha value is -0.640. The summed E-state index contributed by atoms with van der Waals surface area (Å²) in [4.78, 5) is 13.6. The zero-order chi connectivity index (χ0) is 11.5. The molecule has 16 heavy (non-hydrogen) atoms. The van der Waals surface area contributed by atoms with Crippen molar-refractivity contribution in [3.8, 4) is 0 Å². The van der Waals surface area contributed by atoms with Gasteiger partial charge in [-0.15, -0.1) is 0 Å². The average Bonchev–Trinajstić information content (AvgIpc) is 2.26. The highest BCUT2D eigenvalue weighted by Gasteiger charge is 2.34. The Bertz CT molecular complexity index is 247. The number of alkyl halides is 1. The predicted octanol–water partition coefficient (Wildman–Crippen LogP) is 1.36. The molecule has 1 aliphatic heterocycles. The van der Waals surface area contributed by atoms with Crippen LogP contribution in [0.25, 0.3) is 0 Å². The van der Waals surface area contributed by atoms with Gasteiger partial charge in [-0.1, -0.05) is 6.42 Å². The lowest BCUT2D eigenvalue weighted by Crippen LogP contribution is -2.47. The summed E-state index contributed by atoms with van der Waals surface area (Å²) in [5, 5.41) is 9.85. The molecule has 2 fully saturated rings. The second-order valence-electron chi connectivity index (χ2n) is 5.06. The molecule has 0 spiro atoms. The van der Waals surface area contributed by atoms with E-state index in [0.29, 0.717) is 13.1 Å². The third-order valence-electron chi connectivity index (χ3n) is 3.99. The normalized spacial score (nSPS) is 25.2. The van der Waals surface area contributed by atoms with Crippen LogP contribution in [0.3, 0.4) is 0 Å². The van der Waals surface area contributed by atoms with Gasteiger partial charge < -0.3 is 10.0 Å². The Morgan fingerprint density at radius 3 is 2.38 bits per heavy atom. The number of hydrogen-bond acceptors (Lipinski definition) is 2. The van der Waals surface area contributed by atoms with Gasteiger partial charge in [0.2, 0.25) is 0 Å². The minimum atomic E-state index is -0.810. The highest BCUT2D eigenvalue weighted by molar-refractivity contribution is 5.81. The molecule has 2 rings (SSSR count). The van der Waals surface area contributed by atoms with Crippen molar-refractivity contribution in [2.24, 2.45) is 11.8 Å². The Morgan fingerprint density at radius 1 is 1.31 bits per heavy atom. The van der Waals surface area contributed by atoms with Crippen LogP contribution in [0.2, 0.25) is 0 Å². The maximum atomic E-state index is 12.4. The first-order chi connectivity index (χ1) is 7.72. The van der Waals surface area contributed by atoms with Crippen molar-refractivity contribution >= 4 is 5.91 Å². The molecule has 1 heterocycles. The summed E-state index contributed by atoms with van der Waals surface area (Å²) in [6.45, 7) is 0.932. The topological polar surface area (TPSA) is 40.5 Å². The fraction of sp³-hybridized carbons (Fsp3) is 0.917. The number of carbonyl (C=O) groups is 1. The highest BCUT2D eigenvalue weighted by atomic mass is 19.1. The summed E-state index contributed by atoms with van der Waals surface area (Å²) >= 11 is 0. The zero-order valence-corrected chi connectivity index (χ0v) is 9.57. The quantitative estimate of drug-likeness (QED) is 0.793. The molecular formula is C12H20FNO2. The van der Waals surface area contributed by atoms with Gasteiger partial charge in [0.15, 0.2) is 0 Å². The van der Waals surface area contributed by atoms with Crippen LogP contribution in [0.1, 0.15) is 32.1 Å². The fourth-order valence-electron chi connectivity index (χ4n) is 2.45. The van der Waals surface area contributed by atoms with Gasteiger partial charge in [-0.2, -0.15) is 0 Å². The SMILES string of the molecule is O=C(C(O)C1CCC1)N1CCC(CF)CC1. The lowest BCUT2D eigenvalue weighted by atomic mass is 9.80. The van der Waals surface area contributed by atoms with E-state index in [1.54, 1.807) is 4.90 Å². The van der Waals surface area contributed by atoms with Gasteiger partial charge >= 0.3 is 0 Å². The molecule has 0 radical (unpaired) electrons. The molecule has 0 aromatic carbocycles. The molecular weight excluding hydrogens is 209 g/mol. The molecule has 4 heteroatoms. The smallest absolute Gasteiger partial charge is 0.251 e. The summed E-state index contributed by atoms with van der Waals surface area (Å²) in [6, 6.07) is 0. The molecule has 0 bridgehead atoms. The number of carbonyl (C=O) groups excluding carboxylic acids is 1. The second-order valence-corrected chi connectivity index (χ2v) is 5.06. The van der Waals surface area contributed by atoms with E-state index in [0.717, 1.165) is 32.1 Å². The van der Waals surface area contributed by atoms with Gasteiger partial charge in [-0.25, -0.2) is 0 Å². The molecule has 3 nitrogen and oxygen atoms in total. The molecule has 1 saturated heterocycles. The molecule has 1 amide bonds. The van der Waals surface area contributed by atoms with E-state index in [-0.39, 0.29) is 24.4 Å². The van der Waals surface area contributed by atoms with E-state index in [9.17, 15) is 14.3 Å². The summed E-state index contributed by atoms with van der Waals surface area (Å²) < 4.78 is 12.4. The van der Waals surface area contributed by atoms with Crippen molar-refractivity contribution in [2.45, 2.75) is 38.2 Å². The molecule has 92 valence electrons. The second kappa shape index (κ2) is 5.13. The summed E-state index contributed by atoms with van der Waals surface area (Å²) in [7, 11) is 0. The van der Waals surface area contributed by atoms with Gasteiger partial charge in [-0.3, -0.25) is 9.18 Å². The van der Waals surface area contributed by atoms with E-state index >= 15 is 0 Å². The van der Waals surface area contributed by atoms with Gasteiger partial charge in [0.1, 0.15) is 6.10 Å². The van der Waals surface area contributed by atoms with Crippen LogP contribution in [-0.4, -0.2) is 41.8 Å². The van der Waals surface area contributed by atoms with Crippen molar-refractivity contribution < 1.29 is 14.3 Å². The molecule has 1 unspecified atom stereocenters. The largest absolute Gasteiger partial charge is 0.383 e. The maximum Gasteiger partial charge on any atom is 0.251 e. The first kappa shape index (κ1) is 11.8. The number of rotatable bonds is 3. The maximum absolute atomic E-state index is 12.4. The minimum Gasteiger partial charge on any atom is -0.383 e. The monoisotopic (exact) mass is 229 g/mol. The van der Waals surface area contributed by atoms with Crippen LogP contribution in [0.4, 0.5) is 4.39 Å². The minimum absolute atomic E-state index is 0.116. The Balaban J connectivity index is 1.81. The molecule has 1 saturated carbocycles. The molecule has 0 aromatic rings. The lowest BCUT2D eigenvalue weighted by molar-refractivity contribution is -0.146. The van der Waals surface area contributed by atoms with E-state index in [2.05, 4.69) is 0 Å². The number of aliphatic hydroxyl groups is 1. The van der Waals surface area contributed by atoms with E-state index in [1.165, 1.54) is 0 Å². The van der Waals surface area contributed by atoms with Crippen molar-refractivity contribution in [1.29, 1.82) is 0 Å². The Kier molecular flexibility index (Phi) is 3.79. The van der Waals surface area contributed by atoms with Crippen LogP contribution >= 0.6 is 0 Å². The van der Waals surface area contributed by atoms with Crippen LogP contribution in [0, 0.1) is 11.8 Å². The third kappa shape index (κ3) is 2.37. The summed E-state index contributed by atoms with van der Waals surface area (Å²) in [6.07, 6.45) is 3.72. The fourth-order valence-corrected chi connectivity index (χ4v) is 2.45. The van der Waals surface area contributed by atoms with Gasteiger partial charge in [-0.05, 0) is 37.5 Å². The number of amides is 1. The number of likely N-dealkylation sites (tertiary alicyclic amines) is 1. The number of nitrogens with zero attached hydrogens (tertiary/aromatic N) is 1. The highest BCUT2D eigenvalue weighted by Crippen LogP contribution is 2.31. The van der Waals surface area contributed by atoms with Crippen LogP contribution in [0.15, 0.2) is 0 Å². The zero-order valence-electron chi connectivity index (χ0n) is 9.57.